The number of nitrogens with zero attached hydrogens (tertiary/aromatic N) is 1. The zero-order valence-corrected chi connectivity index (χ0v) is 12.7. The molecule has 2 rings (SSSR count). The second-order valence-electron chi connectivity index (χ2n) is 4.29. The maximum atomic E-state index is 13.7. The van der Waals surface area contributed by atoms with Crippen LogP contribution >= 0.6 is 15.9 Å². The largest absolute Gasteiger partial charge is 0.503 e. The Labute approximate surface area is 129 Å². The summed E-state index contributed by atoms with van der Waals surface area (Å²) < 4.78 is 19.3. The third kappa shape index (κ3) is 3.44. The molecule has 21 heavy (non-hydrogen) atoms. The second kappa shape index (κ2) is 6.46. The molecule has 0 bridgehead atoms. The van der Waals surface area contributed by atoms with Crippen LogP contribution in [0.25, 0.3) is 0 Å². The fraction of sp³-hybridized carbons (Fsp3) is 0.133. The number of rotatable bonds is 4. The number of anilines is 1. The first-order valence-electron chi connectivity index (χ1n) is 6.04. The molecule has 0 atom stereocenters. The summed E-state index contributed by atoms with van der Waals surface area (Å²) in [5.74, 6) is -0.133. The van der Waals surface area contributed by atoms with Gasteiger partial charge in [0.25, 0.3) is 0 Å². The lowest BCUT2D eigenvalue weighted by molar-refractivity contribution is 0.371. The highest BCUT2D eigenvalue weighted by atomic mass is 79.9. The molecule has 0 aromatic heterocycles. The van der Waals surface area contributed by atoms with E-state index in [1.54, 1.807) is 18.2 Å². The van der Waals surface area contributed by atoms with E-state index in [-0.39, 0.29) is 11.3 Å². The molecule has 0 amide bonds. The quantitative estimate of drug-likeness (QED) is 0.880. The van der Waals surface area contributed by atoms with Crippen LogP contribution in [0.2, 0.25) is 0 Å². The van der Waals surface area contributed by atoms with Crippen molar-refractivity contribution in [1.29, 1.82) is 5.26 Å². The molecule has 0 heterocycles. The minimum atomic E-state index is -0.487. The van der Waals surface area contributed by atoms with Gasteiger partial charge in [-0.1, -0.05) is 0 Å². The van der Waals surface area contributed by atoms with Crippen molar-refractivity contribution >= 4 is 21.6 Å². The molecule has 0 aliphatic carbocycles. The summed E-state index contributed by atoms with van der Waals surface area (Å²) in [6, 6.07) is 9.49. The summed E-state index contributed by atoms with van der Waals surface area (Å²) in [5.41, 5.74) is 1.38. The predicted molar refractivity (Wildman–Crippen MR) is 80.8 cm³/mol. The van der Waals surface area contributed by atoms with Crippen molar-refractivity contribution in [3.8, 4) is 17.6 Å². The Balaban J connectivity index is 2.17. The summed E-state index contributed by atoms with van der Waals surface area (Å²) in [5, 5.41) is 21.4. The zero-order valence-electron chi connectivity index (χ0n) is 11.2. The molecule has 0 unspecified atom stereocenters. The molecule has 0 aliphatic rings. The van der Waals surface area contributed by atoms with Crippen LogP contribution in [0.15, 0.2) is 34.8 Å². The van der Waals surface area contributed by atoms with E-state index in [1.807, 2.05) is 6.07 Å². The first-order valence-corrected chi connectivity index (χ1v) is 6.83. The highest BCUT2D eigenvalue weighted by Gasteiger charge is 2.09. The van der Waals surface area contributed by atoms with E-state index in [0.717, 1.165) is 5.56 Å². The second-order valence-corrected chi connectivity index (χ2v) is 5.14. The van der Waals surface area contributed by atoms with Gasteiger partial charge >= 0.3 is 0 Å². The number of hydrogen-bond acceptors (Lipinski definition) is 4. The summed E-state index contributed by atoms with van der Waals surface area (Å²) in [6.45, 7) is 0.345. The van der Waals surface area contributed by atoms with Crippen molar-refractivity contribution in [2.75, 3.05) is 12.4 Å². The van der Waals surface area contributed by atoms with Gasteiger partial charge in [0.05, 0.1) is 28.9 Å². The minimum absolute atomic E-state index is 0.0193. The average Bonchev–Trinajstić information content (AvgIpc) is 2.49. The number of phenolic OH excluding ortho intramolecular Hbond substituents is 1. The highest BCUT2D eigenvalue weighted by Crippen LogP contribution is 2.35. The Morgan fingerprint density at radius 1 is 1.38 bits per heavy atom. The number of nitrogens with one attached hydrogen (secondary N) is 1. The molecular formula is C15H12BrFN2O2. The summed E-state index contributed by atoms with van der Waals surface area (Å²) in [7, 11) is 1.46. The monoisotopic (exact) mass is 350 g/mol. The van der Waals surface area contributed by atoms with Crippen LogP contribution in [0.3, 0.4) is 0 Å². The molecule has 0 aliphatic heterocycles. The Bertz CT molecular complexity index is 714. The Morgan fingerprint density at radius 3 is 2.76 bits per heavy atom. The van der Waals surface area contributed by atoms with E-state index in [4.69, 9.17) is 10.00 Å². The van der Waals surface area contributed by atoms with Gasteiger partial charge in [0.15, 0.2) is 11.5 Å². The van der Waals surface area contributed by atoms with Gasteiger partial charge in [0, 0.05) is 6.54 Å². The Morgan fingerprint density at radius 2 is 2.14 bits per heavy atom. The van der Waals surface area contributed by atoms with E-state index in [2.05, 4.69) is 21.2 Å². The third-order valence-electron chi connectivity index (χ3n) is 2.89. The van der Waals surface area contributed by atoms with Gasteiger partial charge in [-0.25, -0.2) is 4.39 Å². The van der Waals surface area contributed by atoms with Crippen LogP contribution in [0.1, 0.15) is 11.1 Å². The number of aromatic hydroxyl groups is 1. The average molecular weight is 351 g/mol. The van der Waals surface area contributed by atoms with Gasteiger partial charge in [0.2, 0.25) is 0 Å². The number of halogens is 2. The van der Waals surface area contributed by atoms with Gasteiger partial charge in [0.1, 0.15) is 5.82 Å². The number of ether oxygens (including phenoxy) is 1. The molecule has 0 fully saturated rings. The lowest BCUT2D eigenvalue weighted by Crippen LogP contribution is -2.02. The van der Waals surface area contributed by atoms with Crippen LogP contribution in [-0.4, -0.2) is 12.2 Å². The van der Waals surface area contributed by atoms with E-state index >= 15 is 0 Å². The maximum Gasteiger partial charge on any atom is 0.172 e. The number of nitriles is 1. The molecule has 4 nitrogen and oxygen atoms in total. The number of phenols is 1. The normalized spacial score (nSPS) is 10.0. The molecule has 0 saturated heterocycles. The Hall–Kier alpha value is -2.26. The van der Waals surface area contributed by atoms with Crippen molar-refractivity contribution in [1.82, 2.24) is 0 Å². The minimum Gasteiger partial charge on any atom is -0.503 e. The summed E-state index contributed by atoms with van der Waals surface area (Å²) in [6.07, 6.45) is 0. The van der Waals surface area contributed by atoms with Crippen LogP contribution in [0.4, 0.5) is 10.1 Å². The van der Waals surface area contributed by atoms with Gasteiger partial charge < -0.3 is 15.2 Å². The first kappa shape index (κ1) is 15.1. The predicted octanol–water partition coefficient (Wildman–Crippen LogP) is 3.79. The lowest BCUT2D eigenvalue weighted by atomic mass is 10.1. The van der Waals surface area contributed by atoms with Crippen LogP contribution in [-0.2, 0) is 6.54 Å². The Kier molecular flexibility index (Phi) is 4.66. The third-order valence-corrected chi connectivity index (χ3v) is 3.49. The molecule has 0 saturated carbocycles. The molecule has 0 radical (unpaired) electrons. The van der Waals surface area contributed by atoms with E-state index in [9.17, 15) is 9.50 Å². The molecule has 6 heteroatoms. The molecular weight excluding hydrogens is 339 g/mol. The topological polar surface area (TPSA) is 65.3 Å². The van der Waals surface area contributed by atoms with Gasteiger partial charge in [-0.05, 0) is 51.8 Å². The van der Waals surface area contributed by atoms with Crippen molar-refractivity contribution in [2.24, 2.45) is 0 Å². The fourth-order valence-corrected chi connectivity index (χ4v) is 2.30. The molecule has 2 aromatic carbocycles. The van der Waals surface area contributed by atoms with Gasteiger partial charge in [-0.2, -0.15) is 5.26 Å². The lowest BCUT2D eigenvalue weighted by Gasteiger charge is -2.11. The summed E-state index contributed by atoms with van der Waals surface area (Å²) >= 11 is 3.23. The molecule has 2 N–H and O–H groups in total. The van der Waals surface area contributed by atoms with Crippen LogP contribution < -0.4 is 10.1 Å². The van der Waals surface area contributed by atoms with Crippen LogP contribution in [0.5, 0.6) is 11.5 Å². The van der Waals surface area contributed by atoms with E-state index < -0.39 is 5.82 Å². The first-order chi connectivity index (χ1) is 10.0. The smallest absolute Gasteiger partial charge is 0.172 e. The maximum absolute atomic E-state index is 13.7. The molecule has 0 spiro atoms. The number of hydrogen-bond donors (Lipinski definition) is 2. The van der Waals surface area contributed by atoms with E-state index in [1.165, 1.54) is 19.2 Å². The zero-order chi connectivity index (χ0) is 15.4. The number of benzene rings is 2. The molecule has 2 aromatic rings. The van der Waals surface area contributed by atoms with Gasteiger partial charge in [-0.15, -0.1) is 0 Å². The standard InChI is InChI=1S/C15H12BrFN2O2/c1-21-14-6-10(4-11(16)15(14)20)8-19-13-3-2-9(7-18)5-12(13)17/h2-6,19-20H,8H2,1H3. The molecule has 108 valence electrons. The van der Waals surface area contributed by atoms with Gasteiger partial charge in [-0.3, -0.25) is 0 Å². The van der Waals surface area contributed by atoms with Crippen molar-refractivity contribution in [2.45, 2.75) is 6.54 Å². The fourth-order valence-electron chi connectivity index (χ4n) is 1.81. The SMILES string of the molecule is COc1cc(CNc2ccc(C#N)cc2F)cc(Br)c1O. The number of methoxy groups -OCH3 is 1. The van der Waals surface area contributed by atoms with Crippen molar-refractivity contribution in [3.05, 3.63) is 51.7 Å². The van der Waals surface area contributed by atoms with Crippen molar-refractivity contribution in [3.63, 3.8) is 0 Å². The van der Waals surface area contributed by atoms with Crippen LogP contribution in [0, 0.1) is 17.1 Å². The highest BCUT2D eigenvalue weighted by molar-refractivity contribution is 9.10. The summed E-state index contributed by atoms with van der Waals surface area (Å²) in [4.78, 5) is 0. The van der Waals surface area contributed by atoms with E-state index in [0.29, 0.717) is 22.5 Å². The van der Waals surface area contributed by atoms with Crippen molar-refractivity contribution < 1.29 is 14.2 Å².